The maximum atomic E-state index is 12.8. The Balaban J connectivity index is 1.20. The summed E-state index contributed by atoms with van der Waals surface area (Å²) in [6.07, 6.45) is 1.62. The molecule has 2 aliphatic rings. The molecule has 190 valence electrons. The normalized spacial score (nSPS) is 17.1. The number of carbonyl (C=O) groups excluding carboxylic acids is 2. The summed E-state index contributed by atoms with van der Waals surface area (Å²) in [6, 6.07) is 20.3. The van der Waals surface area contributed by atoms with E-state index in [0.717, 1.165) is 36.1 Å². The lowest BCUT2D eigenvalue weighted by Crippen LogP contribution is -2.36. The third kappa shape index (κ3) is 6.13. The van der Waals surface area contributed by atoms with Gasteiger partial charge in [0.15, 0.2) is 0 Å². The van der Waals surface area contributed by atoms with Crippen LogP contribution in [0.2, 0.25) is 0 Å². The first-order valence-electron chi connectivity index (χ1n) is 11.4. The molecule has 9 nitrogen and oxygen atoms in total. The van der Waals surface area contributed by atoms with Crippen LogP contribution in [0.1, 0.15) is 5.56 Å². The average Bonchev–Trinajstić information content (AvgIpc) is 3.22. The van der Waals surface area contributed by atoms with Crippen LogP contribution in [0.3, 0.4) is 0 Å². The number of rotatable bonds is 7. The van der Waals surface area contributed by atoms with Crippen LogP contribution >= 0.6 is 11.8 Å². The highest BCUT2D eigenvalue weighted by Crippen LogP contribution is 2.28. The summed E-state index contributed by atoms with van der Waals surface area (Å²) < 4.78 is 39.5. The molecule has 0 aliphatic carbocycles. The quantitative estimate of drug-likeness (QED) is 0.425. The van der Waals surface area contributed by atoms with E-state index < -0.39 is 21.2 Å². The number of carbonyl (C=O) groups is 2. The van der Waals surface area contributed by atoms with Crippen molar-refractivity contribution in [3.05, 3.63) is 83.3 Å². The van der Waals surface area contributed by atoms with Crippen LogP contribution in [-0.4, -0.2) is 45.9 Å². The summed E-state index contributed by atoms with van der Waals surface area (Å²) in [4.78, 5) is 25.6. The van der Waals surface area contributed by atoms with Crippen molar-refractivity contribution in [2.75, 3.05) is 35.9 Å². The van der Waals surface area contributed by atoms with E-state index in [9.17, 15) is 18.0 Å². The summed E-state index contributed by atoms with van der Waals surface area (Å²) in [5.74, 6) is 0.594. The fourth-order valence-corrected chi connectivity index (χ4v) is 5.54. The van der Waals surface area contributed by atoms with Gasteiger partial charge in [-0.1, -0.05) is 12.1 Å². The van der Waals surface area contributed by atoms with E-state index >= 15 is 0 Å². The zero-order valence-electron chi connectivity index (χ0n) is 19.5. The lowest BCUT2D eigenvalue weighted by Gasteiger charge is -2.28. The van der Waals surface area contributed by atoms with Crippen LogP contribution in [0.25, 0.3) is 6.08 Å². The number of anilines is 2. The summed E-state index contributed by atoms with van der Waals surface area (Å²) >= 11 is 0.855. The molecule has 2 saturated heterocycles. The van der Waals surface area contributed by atoms with Crippen molar-refractivity contribution < 1.29 is 27.5 Å². The van der Waals surface area contributed by atoms with Gasteiger partial charge in [0.05, 0.1) is 23.0 Å². The predicted octanol–water partition coefficient (Wildman–Crippen LogP) is 4.44. The van der Waals surface area contributed by atoms with Gasteiger partial charge < -0.3 is 14.4 Å². The fraction of sp³-hybridized carbons (Fsp3) is 0.154. The van der Waals surface area contributed by atoms with Crippen molar-refractivity contribution in [3.8, 4) is 11.5 Å². The maximum absolute atomic E-state index is 12.8. The molecule has 3 aromatic rings. The first-order chi connectivity index (χ1) is 17.9. The molecule has 0 atom stereocenters. The molecule has 2 aliphatic heterocycles. The van der Waals surface area contributed by atoms with Gasteiger partial charge >= 0.3 is 0 Å². The predicted molar refractivity (Wildman–Crippen MR) is 142 cm³/mol. The average molecular weight is 538 g/mol. The SMILES string of the molecule is O=C1NC(=O)/C(=C\c2ccc(Oc3ccc(S(=O)(=O)Nc4ccc(N5CCOCC5)cc4)cc3)cc2)S1. The molecule has 2 heterocycles. The second-order valence-corrected chi connectivity index (χ2v) is 10.9. The molecule has 0 saturated carbocycles. The maximum Gasteiger partial charge on any atom is 0.290 e. The number of nitrogens with zero attached hydrogens (tertiary/aromatic N) is 1. The Morgan fingerprint density at radius 2 is 1.51 bits per heavy atom. The van der Waals surface area contributed by atoms with Gasteiger partial charge in [0.1, 0.15) is 11.5 Å². The Bertz CT molecular complexity index is 1430. The summed E-state index contributed by atoms with van der Waals surface area (Å²) in [7, 11) is -3.77. The van der Waals surface area contributed by atoms with Crippen molar-refractivity contribution >= 4 is 50.4 Å². The Labute approximate surface area is 218 Å². The summed E-state index contributed by atoms with van der Waals surface area (Å²) in [5, 5.41) is 1.82. The van der Waals surface area contributed by atoms with Gasteiger partial charge in [-0.3, -0.25) is 19.6 Å². The van der Waals surface area contributed by atoms with E-state index in [1.807, 2.05) is 12.1 Å². The number of nitrogens with one attached hydrogen (secondary N) is 2. The largest absolute Gasteiger partial charge is 0.457 e. The van der Waals surface area contributed by atoms with Gasteiger partial charge in [0.25, 0.3) is 21.2 Å². The van der Waals surface area contributed by atoms with Crippen LogP contribution in [0.4, 0.5) is 16.2 Å². The van der Waals surface area contributed by atoms with Gasteiger partial charge in [0.2, 0.25) is 0 Å². The second-order valence-electron chi connectivity index (χ2n) is 8.25. The standard InChI is InChI=1S/C26H23N3O6S2/c30-25-24(36-26(31)27-25)17-18-1-7-21(8-2-18)35-22-9-11-23(12-10-22)37(32,33)28-19-3-5-20(6-4-19)29-13-15-34-16-14-29/h1-12,17,28H,13-16H2,(H,27,30,31)/b24-17+. The first kappa shape index (κ1) is 24.9. The highest BCUT2D eigenvalue weighted by molar-refractivity contribution is 8.18. The van der Waals surface area contributed by atoms with E-state index in [-0.39, 0.29) is 4.90 Å². The Kier molecular flexibility index (Phi) is 7.17. The van der Waals surface area contributed by atoms with E-state index in [2.05, 4.69) is 14.9 Å². The zero-order valence-corrected chi connectivity index (χ0v) is 21.2. The number of morpholine rings is 1. The van der Waals surface area contributed by atoms with Gasteiger partial charge in [-0.2, -0.15) is 0 Å². The number of thioether (sulfide) groups is 1. The van der Waals surface area contributed by atoms with E-state index in [1.165, 1.54) is 12.1 Å². The molecule has 0 radical (unpaired) electrons. The van der Waals surface area contributed by atoms with Gasteiger partial charge in [-0.15, -0.1) is 0 Å². The number of hydrogen-bond acceptors (Lipinski definition) is 8. The molecule has 2 fully saturated rings. The van der Waals surface area contributed by atoms with Gasteiger partial charge in [0, 0.05) is 24.5 Å². The number of ether oxygens (including phenoxy) is 2. The number of hydrogen-bond donors (Lipinski definition) is 2. The third-order valence-corrected chi connectivity index (χ3v) is 7.89. The van der Waals surface area contributed by atoms with Crippen LogP contribution < -0.4 is 19.7 Å². The number of imide groups is 1. The molecular formula is C26H23N3O6S2. The summed E-state index contributed by atoms with van der Waals surface area (Å²) in [6.45, 7) is 2.98. The Hall–Kier alpha value is -3.80. The molecule has 2 amide bonds. The molecule has 3 aromatic carbocycles. The monoisotopic (exact) mass is 537 g/mol. The Morgan fingerprint density at radius 3 is 2.11 bits per heavy atom. The minimum absolute atomic E-state index is 0.112. The number of benzene rings is 3. The molecule has 0 bridgehead atoms. The summed E-state index contributed by atoms with van der Waals surface area (Å²) in [5.41, 5.74) is 2.24. The minimum Gasteiger partial charge on any atom is -0.457 e. The van der Waals surface area contributed by atoms with Crippen LogP contribution in [0.15, 0.2) is 82.6 Å². The molecule has 11 heteroatoms. The molecule has 37 heavy (non-hydrogen) atoms. The molecular weight excluding hydrogens is 514 g/mol. The van der Waals surface area contributed by atoms with E-state index in [1.54, 1.807) is 54.6 Å². The molecule has 0 unspecified atom stereocenters. The van der Waals surface area contributed by atoms with E-state index in [0.29, 0.717) is 35.3 Å². The topological polar surface area (TPSA) is 114 Å². The number of sulfonamides is 1. The van der Waals surface area contributed by atoms with Crippen molar-refractivity contribution in [1.29, 1.82) is 0 Å². The van der Waals surface area contributed by atoms with Gasteiger partial charge in [-0.25, -0.2) is 8.42 Å². The number of amides is 2. The van der Waals surface area contributed by atoms with Crippen LogP contribution in [0.5, 0.6) is 11.5 Å². The highest BCUT2D eigenvalue weighted by atomic mass is 32.2. The van der Waals surface area contributed by atoms with Crippen LogP contribution in [-0.2, 0) is 19.6 Å². The molecule has 0 aromatic heterocycles. The van der Waals surface area contributed by atoms with Crippen molar-refractivity contribution in [3.63, 3.8) is 0 Å². The van der Waals surface area contributed by atoms with Crippen molar-refractivity contribution in [1.82, 2.24) is 5.32 Å². The molecule has 0 spiro atoms. The molecule has 2 N–H and O–H groups in total. The Morgan fingerprint density at radius 1 is 0.892 bits per heavy atom. The van der Waals surface area contributed by atoms with E-state index in [4.69, 9.17) is 9.47 Å². The lowest BCUT2D eigenvalue weighted by atomic mass is 10.2. The van der Waals surface area contributed by atoms with Crippen LogP contribution in [0, 0.1) is 0 Å². The smallest absolute Gasteiger partial charge is 0.290 e. The first-order valence-corrected chi connectivity index (χ1v) is 13.7. The second kappa shape index (κ2) is 10.7. The van der Waals surface area contributed by atoms with Crippen molar-refractivity contribution in [2.24, 2.45) is 0 Å². The molecule has 5 rings (SSSR count). The highest BCUT2D eigenvalue weighted by Gasteiger charge is 2.24. The fourth-order valence-electron chi connectivity index (χ4n) is 3.80. The lowest BCUT2D eigenvalue weighted by molar-refractivity contribution is -0.115. The zero-order chi connectivity index (χ0) is 25.8. The third-order valence-electron chi connectivity index (χ3n) is 5.69. The minimum atomic E-state index is -3.77. The van der Waals surface area contributed by atoms with Crippen molar-refractivity contribution in [2.45, 2.75) is 4.90 Å². The van der Waals surface area contributed by atoms with Gasteiger partial charge in [-0.05, 0) is 84.1 Å².